The Labute approximate surface area is 185 Å². The fourth-order valence-electron chi connectivity index (χ4n) is 4.06. The molecule has 0 spiro atoms. The Balaban J connectivity index is 1.61. The molecule has 1 atom stereocenters. The van der Waals surface area contributed by atoms with Crippen molar-refractivity contribution in [1.82, 2.24) is 9.47 Å². The molecular formula is C25H26F3N3O. The first kappa shape index (κ1) is 22.0. The van der Waals surface area contributed by atoms with E-state index in [1.807, 2.05) is 30.5 Å². The van der Waals surface area contributed by atoms with Crippen molar-refractivity contribution in [2.75, 3.05) is 11.9 Å². The number of alkyl halides is 3. The number of carbonyl (C=O) groups is 1. The van der Waals surface area contributed by atoms with Crippen molar-refractivity contribution in [3.8, 4) is 0 Å². The van der Waals surface area contributed by atoms with Crippen LogP contribution in [0.25, 0.3) is 0 Å². The molecule has 32 heavy (non-hydrogen) atoms. The van der Waals surface area contributed by atoms with Crippen molar-refractivity contribution >= 4 is 11.7 Å². The number of amides is 2. The average Bonchev–Trinajstić information content (AvgIpc) is 3.21. The van der Waals surface area contributed by atoms with Crippen molar-refractivity contribution in [2.24, 2.45) is 0 Å². The molecule has 1 aliphatic heterocycles. The summed E-state index contributed by atoms with van der Waals surface area (Å²) in [6.07, 6.45) is -2.41. The van der Waals surface area contributed by atoms with E-state index in [2.05, 4.69) is 42.8 Å². The van der Waals surface area contributed by atoms with Gasteiger partial charge in [-0.3, -0.25) is 0 Å². The van der Waals surface area contributed by atoms with Gasteiger partial charge in [0.25, 0.3) is 0 Å². The second kappa shape index (κ2) is 8.04. The molecule has 2 aromatic carbocycles. The number of aromatic nitrogens is 1. The first-order valence-corrected chi connectivity index (χ1v) is 10.5. The lowest BCUT2D eigenvalue weighted by atomic mass is 9.86. The number of nitrogens with one attached hydrogen (secondary N) is 1. The molecule has 4 rings (SSSR count). The van der Waals surface area contributed by atoms with Crippen molar-refractivity contribution in [2.45, 2.75) is 44.9 Å². The predicted octanol–water partition coefficient (Wildman–Crippen LogP) is 6.44. The van der Waals surface area contributed by atoms with Gasteiger partial charge in [0.15, 0.2) is 0 Å². The van der Waals surface area contributed by atoms with E-state index >= 15 is 0 Å². The van der Waals surface area contributed by atoms with Crippen LogP contribution in [0.2, 0.25) is 0 Å². The van der Waals surface area contributed by atoms with Gasteiger partial charge in [-0.25, -0.2) is 4.79 Å². The maximum Gasteiger partial charge on any atom is 0.416 e. The molecule has 4 nitrogen and oxygen atoms in total. The molecule has 7 heteroatoms. The second-order valence-corrected chi connectivity index (χ2v) is 9.10. The van der Waals surface area contributed by atoms with Crippen LogP contribution in [0.3, 0.4) is 0 Å². The van der Waals surface area contributed by atoms with Gasteiger partial charge in [-0.1, -0.05) is 45.0 Å². The zero-order chi connectivity index (χ0) is 23.1. The molecule has 0 radical (unpaired) electrons. The van der Waals surface area contributed by atoms with E-state index in [-0.39, 0.29) is 17.5 Å². The fraction of sp³-hybridized carbons (Fsp3) is 0.320. The molecule has 0 bridgehead atoms. The van der Waals surface area contributed by atoms with Crippen LogP contribution >= 0.6 is 0 Å². The highest BCUT2D eigenvalue weighted by Crippen LogP contribution is 2.35. The van der Waals surface area contributed by atoms with Crippen LogP contribution < -0.4 is 5.32 Å². The number of nitrogens with zero attached hydrogens (tertiary/aromatic N) is 2. The Kier molecular flexibility index (Phi) is 5.53. The Morgan fingerprint density at radius 2 is 1.53 bits per heavy atom. The predicted molar refractivity (Wildman–Crippen MR) is 119 cm³/mol. The third-order valence-corrected chi connectivity index (χ3v) is 5.86. The second-order valence-electron chi connectivity index (χ2n) is 9.10. The summed E-state index contributed by atoms with van der Waals surface area (Å²) in [6.45, 7) is 7.59. The van der Waals surface area contributed by atoms with Gasteiger partial charge in [0.2, 0.25) is 0 Å². The van der Waals surface area contributed by atoms with Crippen LogP contribution in [-0.4, -0.2) is 22.0 Å². The molecule has 1 aliphatic rings. The zero-order valence-corrected chi connectivity index (χ0v) is 18.3. The summed E-state index contributed by atoms with van der Waals surface area (Å²) in [6, 6.07) is 16.1. The van der Waals surface area contributed by atoms with E-state index in [1.165, 1.54) is 17.7 Å². The number of rotatable bonds is 2. The van der Waals surface area contributed by atoms with E-state index in [4.69, 9.17) is 0 Å². The number of urea groups is 1. The SMILES string of the molecule is CC(C)(C)c1ccc(C2c3cccn3CCN2C(=O)Nc2ccc(C(F)(F)F)cc2)cc1. The van der Waals surface area contributed by atoms with Crippen LogP contribution in [0.5, 0.6) is 0 Å². The lowest BCUT2D eigenvalue weighted by Crippen LogP contribution is -2.44. The highest BCUT2D eigenvalue weighted by atomic mass is 19.4. The van der Waals surface area contributed by atoms with Crippen molar-refractivity contribution in [3.63, 3.8) is 0 Å². The van der Waals surface area contributed by atoms with Gasteiger partial charge in [0.1, 0.15) is 0 Å². The first-order valence-electron chi connectivity index (χ1n) is 10.5. The summed E-state index contributed by atoms with van der Waals surface area (Å²) in [7, 11) is 0. The van der Waals surface area contributed by atoms with Crippen LogP contribution in [0.1, 0.15) is 49.2 Å². The minimum Gasteiger partial charge on any atom is -0.348 e. The quantitative estimate of drug-likeness (QED) is 0.488. The highest BCUT2D eigenvalue weighted by molar-refractivity contribution is 5.90. The van der Waals surface area contributed by atoms with Crippen LogP contribution in [0, 0.1) is 0 Å². The third kappa shape index (κ3) is 4.38. The van der Waals surface area contributed by atoms with Gasteiger partial charge < -0.3 is 14.8 Å². The van der Waals surface area contributed by atoms with Gasteiger partial charge in [0.05, 0.1) is 11.6 Å². The Morgan fingerprint density at radius 1 is 0.906 bits per heavy atom. The minimum absolute atomic E-state index is 0.0188. The largest absolute Gasteiger partial charge is 0.416 e. The topological polar surface area (TPSA) is 37.3 Å². The van der Waals surface area contributed by atoms with Crippen molar-refractivity contribution in [3.05, 3.63) is 89.2 Å². The number of anilines is 1. The van der Waals surface area contributed by atoms with Gasteiger partial charge >= 0.3 is 12.2 Å². The van der Waals surface area contributed by atoms with Crippen molar-refractivity contribution < 1.29 is 18.0 Å². The van der Waals surface area contributed by atoms with Crippen LogP contribution in [0.4, 0.5) is 23.7 Å². The molecule has 1 N–H and O–H groups in total. The molecule has 0 fully saturated rings. The van der Waals surface area contributed by atoms with E-state index < -0.39 is 11.7 Å². The lowest BCUT2D eigenvalue weighted by molar-refractivity contribution is -0.137. The number of fused-ring (bicyclic) bond motifs is 1. The molecule has 0 aliphatic carbocycles. The average molecular weight is 441 g/mol. The van der Waals surface area contributed by atoms with Gasteiger partial charge in [0, 0.05) is 30.7 Å². The third-order valence-electron chi connectivity index (χ3n) is 5.86. The smallest absolute Gasteiger partial charge is 0.348 e. The summed E-state index contributed by atoms with van der Waals surface area (Å²) >= 11 is 0. The minimum atomic E-state index is -4.41. The summed E-state index contributed by atoms with van der Waals surface area (Å²) in [5.74, 6) is 0. The van der Waals surface area contributed by atoms with E-state index in [0.29, 0.717) is 18.8 Å². The van der Waals surface area contributed by atoms with Crippen molar-refractivity contribution in [1.29, 1.82) is 0 Å². The monoisotopic (exact) mass is 441 g/mol. The fourth-order valence-corrected chi connectivity index (χ4v) is 4.06. The summed E-state index contributed by atoms with van der Waals surface area (Å²) in [4.78, 5) is 14.9. The first-order chi connectivity index (χ1) is 15.0. The molecule has 2 amide bonds. The number of hydrogen-bond acceptors (Lipinski definition) is 1. The normalized spacial score (nSPS) is 16.6. The van der Waals surface area contributed by atoms with Gasteiger partial charge in [-0.05, 0) is 52.9 Å². The Bertz CT molecular complexity index is 1090. The Hall–Kier alpha value is -3.22. The highest BCUT2D eigenvalue weighted by Gasteiger charge is 2.33. The molecular weight excluding hydrogens is 415 g/mol. The van der Waals surface area contributed by atoms with Crippen LogP contribution in [-0.2, 0) is 18.1 Å². The molecule has 2 heterocycles. The molecule has 1 aromatic heterocycles. The van der Waals surface area contributed by atoms with E-state index in [9.17, 15) is 18.0 Å². The van der Waals surface area contributed by atoms with Crippen LogP contribution in [0.15, 0.2) is 66.9 Å². The Morgan fingerprint density at radius 3 is 2.12 bits per heavy atom. The summed E-state index contributed by atoms with van der Waals surface area (Å²) in [5.41, 5.74) is 2.79. The molecule has 0 saturated heterocycles. The standard InChI is InChI=1S/C25H26F3N3O/c1-24(2,3)18-8-6-17(7-9-18)22-21-5-4-14-30(21)15-16-31(22)23(32)29-20-12-10-19(11-13-20)25(26,27)28/h4-14,22H,15-16H2,1-3H3,(H,29,32). The number of carbonyl (C=O) groups excluding carboxylic acids is 1. The summed E-state index contributed by atoms with van der Waals surface area (Å²) < 4.78 is 40.6. The van der Waals surface area contributed by atoms with E-state index in [1.54, 1.807) is 4.90 Å². The number of benzene rings is 2. The number of halogens is 3. The zero-order valence-electron chi connectivity index (χ0n) is 18.3. The molecule has 1 unspecified atom stereocenters. The summed E-state index contributed by atoms with van der Waals surface area (Å²) in [5, 5.41) is 2.76. The van der Waals surface area contributed by atoms with Gasteiger partial charge in [-0.15, -0.1) is 0 Å². The number of hydrogen-bond donors (Lipinski definition) is 1. The molecule has 168 valence electrons. The molecule has 3 aromatic rings. The van der Waals surface area contributed by atoms with E-state index in [0.717, 1.165) is 23.4 Å². The maximum absolute atomic E-state index is 13.2. The lowest BCUT2D eigenvalue weighted by Gasteiger charge is -2.37. The maximum atomic E-state index is 13.2. The van der Waals surface area contributed by atoms with Gasteiger partial charge in [-0.2, -0.15) is 13.2 Å². The molecule has 0 saturated carbocycles.